The Bertz CT molecular complexity index is 1080. The van der Waals surface area contributed by atoms with Crippen molar-refractivity contribution in [2.24, 2.45) is 5.92 Å². The largest absolute Gasteiger partial charge is 0.573 e. The van der Waals surface area contributed by atoms with Gasteiger partial charge in [-0.1, -0.05) is 0 Å². The highest BCUT2D eigenvalue weighted by molar-refractivity contribution is 6.24. The predicted molar refractivity (Wildman–Crippen MR) is 104 cm³/mol. The van der Waals surface area contributed by atoms with Crippen LogP contribution in [0.2, 0.25) is 0 Å². The van der Waals surface area contributed by atoms with E-state index in [-0.39, 0.29) is 30.1 Å². The highest BCUT2D eigenvalue weighted by Crippen LogP contribution is 2.36. The lowest BCUT2D eigenvalue weighted by Crippen LogP contribution is -2.35. The van der Waals surface area contributed by atoms with Gasteiger partial charge < -0.3 is 14.2 Å². The molecule has 3 rings (SSSR count). The van der Waals surface area contributed by atoms with Crippen LogP contribution < -0.4 is 14.2 Å². The second kappa shape index (κ2) is 9.27. The summed E-state index contributed by atoms with van der Waals surface area (Å²) in [4.78, 5) is 46.1. The smallest absolute Gasteiger partial charge is 0.483 e. The molecule has 12 heteroatoms. The van der Waals surface area contributed by atoms with Gasteiger partial charge >= 0.3 is 12.0 Å². The normalized spacial score (nSPS) is 15.3. The lowest BCUT2D eigenvalue weighted by molar-refractivity contribution is -0.385. The van der Waals surface area contributed by atoms with Gasteiger partial charge in [0, 0.05) is 12.8 Å². The Hall–Kier alpha value is -3.96. The van der Waals surface area contributed by atoms with Crippen LogP contribution >= 0.6 is 0 Å². The molecule has 1 atom stereocenters. The molecule has 0 bridgehead atoms. The number of ether oxygens (including phenoxy) is 3. The molecule has 2 aromatic rings. The van der Waals surface area contributed by atoms with Crippen molar-refractivity contribution in [3.05, 3.63) is 52.6 Å². The van der Waals surface area contributed by atoms with Crippen LogP contribution in [-0.2, 0) is 14.4 Å². The second-order valence-electron chi connectivity index (χ2n) is 7.04. The van der Waals surface area contributed by atoms with E-state index in [4.69, 9.17) is 9.47 Å². The van der Waals surface area contributed by atoms with Crippen LogP contribution in [-0.4, -0.2) is 34.7 Å². The zero-order chi connectivity index (χ0) is 24.3. The zero-order valence-corrected chi connectivity index (χ0v) is 17.0. The van der Waals surface area contributed by atoms with Crippen LogP contribution in [0.15, 0.2) is 42.5 Å². The molecule has 33 heavy (non-hydrogen) atoms. The minimum absolute atomic E-state index is 0.0312. The van der Waals surface area contributed by atoms with Crippen molar-refractivity contribution in [2.75, 3.05) is 0 Å². The Morgan fingerprint density at radius 3 is 2.12 bits per heavy atom. The Labute approximate surface area is 184 Å². The van der Waals surface area contributed by atoms with E-state index in [1.807, 2.05) is 0 Å². The summed E-state index contributed by atoms with van der Waals surface area (Å²) in [6.45, 7) is 1.40. The Kier molecular flexibility index (Phi) is 6.65. The quantitative estimate of drug-likeness (QED) is 0.322. The summed E-state index contributed by atoms with van der Waals surface area (Å²) in [5, 5.41) is 11.2. The van der Waals surface area contributed by atoms with E-state index in [2.05, 4.69) is 4.74 Å². The van der Waals surface area contributed by atoms with Crippen molar-refractivity contribution in [1.82, 2.24) is 0 Å². The molecule has 1 aliphatic rings. The first-order chi connectivity index (χ1) is 15.4. The molecule has 0 spiro atoms. The maximum absolute atomic E-state index is 12.4. The van der Waals surface area contributed by atoms with Crippen molar-refractivity contribution >= 4 is 23.0 Å². The molecule has 2 aromatic carbocycles. The van der Waals surface area contributed by atoms with Crippen molar-refractivity contribution in [1.29, 1.82) is 0 Å². The Morgan fingerprint density at radius 2 is 1.58 bits per heavy atom. The van der Waals surface area contributed by atoms with E-state index < -0.39 is 52.1 Å². The van der Waals surface area contributed by atoms with Gasteiger partial charge in [-0.2, -0.15) is 0 Å². The number of Topliss-reactive ketones (excluding diaryl/α,β-unsaturated/α-hetero) is 3. The third kappa shape index (κ3) is 5.84. The predicted octanol–water partition coefficient (Wildman–Crippen LogP) is 4.17. The lowest BCUT2D eigenvalue weighted by atomic mass is 9.97. The maximum Gasteiger partial charge on any atom is 0.573 e. The summed E-state index contributed by atoms with van der Waals surface area (Å²) >= 11 is 0. The van der Waals surface area contributed by atoms with Crippen LogP contribution in [0.1, 0.15) is 19.8 Å². The number of rotatable bonds is 8. The highest BCUT2D eigenvalue weighted by Gasteiger charge is 2.41. The summed E-state index contributed by atoms with van der Waals surface area (Å²) in [6, 6.07) is 7.87. The fraction of sp³-hybridized carbons (Fsp3) is 0.286. The number of halogens is 3. The summed E-state index contributed by atoms with van der Waals surface area (Å²) in [5.74, 6) is -3.63. The molecule has 0 saturated heterocycles. The Balaban J connectivity index is 1.69. The maximum atomic E-state index is 12.4. The number of hydrogen-bond donors (Lipinski definition) is 0. The summed E-state index contributed by atoms with van der Waals surface area (Å²) in [7, 11) is 0. The van der Waals surface area contributed by atoms with E-state index in [0.717, 1.165) is 12.1 Å². The first kappa shape index (κ1) is 23.7. The molecule has 174 valence electrons. The lowest BCUT2D eigenvalue weighted by Gasteiger charge is -2.16. The fourth-order valence-electron chi connectivity index (χ4n) is 3.17. The van der Waals surface area contributed by atoms with Crippen LogP contribution in [0.4, 0.5) is 18.9 Å². The number of benzene rings is 2. The summed E-state index contributed by atoms with van der Waals surface area (Å²) in [6.07, 6.45) is -6.02. The Morgan fingerprint density at radius 1 is 1.03 bits per heavy atom. The first-order valence-corrected chi connectivity index (χ1v) is 9.52. The van der Waals surface area contributed by atoms with E-state index in [0.29, 0.717) is 6.07 Å². The third-order valence-electron chi connectivity index (χ3n) is 4.67. The molecule has 1 aliphatic carbocycles. The number of carbonyl (C=O) groups is 3. The van der Waals surface area contributed by atoms with Gasteiger partial charge in [0.25, 0.3) is 0 Å². The van der Waals surface area contributed by atoms with Gasteiger partial charge in [0.15, 0.2) is 23.5 Å². The van der Waals surface area contributed by atoms with Gasteiger partial charge in [-0.25, -0.2) is 0 Å². The average Bonchev–Trinajstić information content (AvgIpc) is 3.06. The van der Waals surface area contributed by atoms with Gasteiger partial charge in [-0.15, -0.1) is 13.2 Å². The number of hydrogen-bond acceptors (Lipinski definition) is 8. The number of nitro benzene ring substituents is 1. The van der Waals surface area contributed by atoms with E-state index in [1.54, 1.807) is 0 Å². The first-order valence-electron chi connectivity index (χ1n) is 9.52. The van der Waals surface area contributed by atoms with Crippen molar-refractivity contribution < 1.29 is 46.7 Å². The number of nitrogens with zero attached hydrogens (tertiary/aromatic N) is 1. The fourth-order valence-corrected chi connectivity index (χ4v) is 3.17. The van der Waals surface area contributed by atoms with Crippen molar-refractivity contribution in [3.8, 4) is 23.0 Å². The number of nitro groups is 1. The molecule has 0 aliphatic heterocycles. The molecule has 0 heterocycles. The van der Waals surface area contributed by atoms with E-state index >= 15 is 0 Å². The third-order valence-corrected chi connectivity index (χ3v) is 4.67. The molecule has 0 aromatic heterocycles. The molecule has 1 saturated carbocycles. The molecule has 9 nitrogen and oxygen atoms in total. The number of alkyl halides is 3. The van der Waals surface area contributed by atoms with Gasteiger partial charge in [-0.05, 0) is 43.3 Å². The summed E-state index contributed by atoms with van der Waals surface area (Å²) < 4.78 is 51.5. The van der Waals surface area contributed by atoms with Crippen molar-refractivity contribution in [3.63, 3.8) is 0 Å². The van der Waals surface area contributed by atoms with Crippen LogP contribution in [0, 0.1) is 16.0 Å². The molecule has 0 amide bonds. The number of carbonyl (C=O) groups excluding carboxylic acids is 3. The topological polar surface area (TPSA) is 122 Å². The van der Waals surface area contributed by atoms with Gasteiger partial charge in [0.05, 0.1) is 11.0 Å². The molecular formula is C21H16F3NO8. The molecule has 1 unspecified atom stereocenters. The van der Waals surface area contributed by atoms with Crippen LogP contribution in [0.5, 0.6) is 23.0 Å². The summed E-state index contributed by atoms with van der Waals surface area (Å²) in [5.41, 5.74) is -0.748. The van der Waals surface area contributed by atoms with Crippen molar-refractivity contribution in [2.45, 2.75) is 32.2 Å². The minimum Gasteiger partial charge on any atom is -0.483 e. The van der Waals surface area contributed by atoms with Gasteiger partial charge in [0.2, 0.25) is 5.75 Å². The van der Waals surface area contributed by atoms with E-state index in [9.17, 15) is 37.7 Å². The number of ketones is 3. The molecule has 1 fully saturated rings. The average molecular weight is 467 g/mol. The monoisotopic (exact) mass is 467 g/mol. The van der Waals surface area contributed by atoms with Crippen LogP contribution in [0.25, 0.3) is 0 Å². The molecule has 0 N–H and O–H groups in total. The molecule has 0 radical (unpaired) electrons. The van der Waals surface area contributed by atoms with Gasteiger partial charge in [-0.3, -0.25) is 24.5 Å². The minimum atomic E-state index is -5.01. The molecular weight excluding hydrogens is 451 g/mol. The van der Waals surface area contributed by atoms with Gasteiger partial charge in [0.1, 0.15) is 23.2 Å². The standard InChI is InChI=1S/C21H16F3NO8/c1-11(20(28)19-16(26)7-8-17(19)27)31-12-2-4-13(5-3-12)32-18-9-6-14(33-21(22,23)24)10-15(18)25(29)30/h2-6,9-11,19H,7-8H2,1H3. The second-order valence-corrected chi connectivity index (χ2v) is 7.04. The SMILES string of the molecule is CC(Oc1ccc(Oc2ccc(OC(F)(F)F)cc2[N+](=O)[O-])cc1)C(=O)C1C(=O)CCC1=O. The van der Waals surface area contributed by atoms with Crippen LogP contribution in [0.3, 0.4) is 0 Å². The highest BCUT2D eigenvalue weighted by atomic mass is 19.4. The zero-order valence-electron chi connectivity index (χ0n) is 17.0. The van der Waals surface area contributed by atoms with E-state index in [1.165, 1.54) is 31.2 Å².